The molecule has 1 aliphatic rings. The zero-order chi connectivity index (χ0) is 17.5. The zero-order valence-corrected chi connectivity index (χ0v) is 14.9. The van der Waals surface area contributed by atoms with Crippen LogP contribution in [0.25, 0.3) is 0 Å². The van der Waals surface area contributed by atoms with E-state index in [1.54, 1.807) is 0 Å². The summed E-state index contributed by atoms with van der Waals surface area (Å²) in [6.45, 7) is 7.77. The number of carbonyl (C=O) groups excluding carboxylic acids is 2. The maximum Gasteiger partial charge on any atom is 0.224 e. The lowest BCUT2D eigenvalue weighted by molar-refractivity contribution is -0.133. The maximum atomic E-state index is 12.7. The van der Waals surface area contributed by atoms with E-state index in [1.807, 2.05) is 36.1 Å². The number of ether oxygens (including phenoxy) is 1. The van der Waals surface area contributed by atoms with Gasteiger partial charge in [0, 0.05) is 25.6 Å². The van der Waals surface area contributed by atoms with Gasteiger partial charge in [-0.05, 0) is 31.7 Å². The number of nitrogens with one attached hydrogen (secondary N) is 1. The summed E-state index contributed by atoms with van der Waals surface area (Å²) in [5, 5.41) is 2.91. The molecule has 24 heavy (non-hydrogen) atoms. The van der Waals surface area contributed by atoms with Gasteiger partial charge in [-0.3, -0.25) is 9.59 Å². The number of hydrogen-bond donors (Lipinski definition) is 1. The number of amides is 2. The van der Waals surface area contributed by atoms with Crippen molar-refractivity contribution in [1.82, 2.24) is 10.2 Å². The van der Waals surface area contributed by atoms with Crippen LogP contribution < -0.4 is 10.1 Å². The summed E-state index contributed by atoms with van der Waals surface area (Å²) in [5.41, 5.74) is 0.855. The second-order valence-electron chi connectivity index (χ2n) is 6.49. The summed E-state index contributed by atoms with van der Waals surface area (Å²) in [4.78, 5) is 26.2. The van der Waals surface area contributed by atoms with Gasteiger partial charge in [0.1, 0.15) is 5.75 Å². The van der Waals surface area contributed by atoms with E-state index >= 15 is 0 Å². The number of hydrogen-bond acceptors (Lipinski definition) is 3. The highest BCUT2D eigenvalue weighted by molar-refractivity contribution is 5.79. The first kappa shape index (κ1) is 18.3. The molecule has 132 valence electrons. The van der Waals surface area contributed by atoms with E-state index in [9.17, 15) is 9.59 Å². The normalized spacial score (nSPS) is 16.5. The van der Waals surface area contributed by atoms with Crippen LogP contribution in [0.3, 0.4) is 0 Å². The number of carbonyl (C=O) groups is 2. The van der Waals surface area contributed by atoms with Gasteiger partial charge in [-0.15, -0.1) is 0 Å². The van der Waals surface area contributed by atoms with Crippen molar-refractivity contribution < 1.29 is 14.3 Å². The lowest BCUT2D eigenvalue weighted by Gasteiger charge is -2.32. The van der Waals surface area contributed by atoms with Crippen molar-refractivity contribution >= 4 is 11.8 Å². The fourth-order valence-electron chi connectivity index (χ4n) is 3.10. The molecule has 1 aromatic rings. The largest absolute Gasteiger partial charge is 0.494 e. The fraction of sp³-hybridized carbons (Fsp3) is 0.579. The predicted molar refractivity (Wildman–Crippen MR) is 93.8 cm³/mol. The topological polar surface area (TPSA) is 58.6 Å². The average Bonchev–Trinajstić information content (AvgIpc) is 2.55. The van der Waals surface area contributed by atoms with E-state index in [4.69, 9.17) is 4.74 Å². The van der Waals surface area contributed by atoms with Crippen LogP contribution in [0.5, 0.6) is 5.75 Å². The van der Waals surface area contributed by atoms with Gasteiger partial charge in [0.2, 0.25) is 11.8 Å². The van der Waals surface area contributed by atoms with Crippen LogP contribution in [-0.4, -0.2) is 36.4 Å². The minimum atomic E-state index is -0.364. The Kier molecular flexibility index (Phi) is 6.64. The van der Waals surface area contributed by atoms with Crippen molar-refractivity contribution in [3.8, 4) is 5.75 Å². The molecule has 0 aliphatic carbocycles. The van der Waals surface area contributed by atoms with Gasteiger partial charge in [0.05, 0.1) is 19.1 Å². The van der Waals surface area contributed by atoms with E-state index < -0.39 is 0 Å². The number of benzene rings is 1. The van der Waals surface area contributed by atoms with Crippen LogP contribution in [0, 0.1) is 5.92 Å². The van der Waals surface area contributed by atoms with Gasteiger partial charge >= 0.3 is 0 Å². The molecule has 1 aromatic carbocycles. The molecule has 1 saturated heterocycles. The summed E-state index contributed by atoms with van der Waals surface area (Å²) >= 11 is 0. The zero-order valence-electron chi connectivity index (χ0n) is 14.9. The molecule has 1 heterocycles. The Balaban J connectivity index is 2.13. The molecule has 0 spiro atoms. The molecule has 1 N–H and O–H groups in total. The molecule has 2 amide bonds. The molecule has 0 bridgehead atoms. The standard InChI is InChI=1S/C19H28N2O3/c1-4-24-18-8-6-5-7-16(18)17(20-15(3)22)13-19(23)21-11-9-14(2)10-12-21/h5-8,14,17H,4,9-13H2,1-3H3,(H,20,22)/t17-/m1/s1. The van der Waals surface area contributed by atoms with Gasteiger partial charge in [-0.1, -0.05) is 25.1 Å². The van der Waals surface area contributed by atoms with Crippen LogP contribution in [0.4, 0.5) is 0 Å². The van der Waals surface area contributed by atoms with E-state index in [-0.39, 0.29) is 24.3 Å². The first-order valence-electron chi connectivity index (χ1n) is 8.77. The SMILES string of the molecule is CCOc1ccccc1[C@@H](CC(=O)N1CCC(C)CC1)NC(C)=O. The molecule has 1 atom stereocenters. The Labute approximate surface area is 144 Å². The average molecular weight is 332 g/mol. The molecule has 0 radical (unpaired) electrons. The highest BCUT2D eigenvalue weighted by Gasteiger charge is 2.25. The van der Waals surface area contributed by atoms with Gasteiger partial charge in [-0.25, -0.2) is 0 Å². The molecule has 5 heteroatoms. The van der Waals surface area contributed by atoms with Crippen molar-refractivity contribution in [3.05, 3.63) is 29.8 Å². The van der Waals surface area contributed by atoms with E-state index in [0.29, 0.717) is 12.5 Å². The number of rotatable bonds is 6. The smallest absolute Gasteiger partial charge is 0.224 e. The van der Waals surface area contributed by atoms with E-state index in [1.165, 1.54) is 6.92 Å². The first-order valence-corrected chi connectivity index (χ1v) is 8.77. The minimum Gasteiger partial charge on any atom is -0.494 e. The molecule has 2 rings (SSSR count). The Bertz CT molecular complexity index is 565. The quantitative estimate of drug-likeness (QED) is 0.871. The Hall–Kier alpha value is -2.04. The predicted octanol–water partition coefficient (Wildman–Crippen LogP) is 2.91. The van der Waals surface area contributed by atoms with Gasteiger partial charge in [0.25, 0.3) is 0 Å². The van der Waals surface area contributed by atoms with Crippen LogP contribution in [0.1, 0.15) is 51.6 Å². The highest BCUT2D eigenvalue weighted by atomic mass is 16.5. The van der Waals surface area contributed by atoms with Crippen LogP contribution in [-0.2, 0) is 9.59 Å². The van der Waals surface area contributed by atoms with Gasteiger partial charge in [-0.2, -0.15) is 0 Å². The Morgan fingerprint density at radius 2 is 1.96 bits per heavy atom. The third-order valence-electron chi connectivity index (χ3n) is 4.49. The number of para-hydroxylation sites is 1. The monoisotopic (exact) mass is 332 g/mol. The molecule has 0 saturated carbocycles. The molecule has 1 aliphatic heterocycles. The molecule has 1 fully saturated rings. The summed E-state index contributed by atoms with van der Waals surface area (Å²) in [5.74, 6) is 1.34. The van der Waals surface area contributed by atoms with Crippen molar-refractivity contribution in [2.45, 2.75) is 46.1 Å². The lowest BCUT2D eigenvalue weighted by atomic mass is 9.97. The maximum absolute atomic E-state index is 12.7. The van der Waals surface area contributed by atoms with Crippen LogP contribution in [0.2, 0.25) is 0 Å². The van der Waals surface area contributed by atoms with E-state index in [0.717, 1.165) is 37.2 Å². The molecule has 0 unspecified atom stereocenters. The number of nitrogens with zero attached hydrogens (tertiary/aromatic N) is 1. The fourth-order valence-corrected chi connectivity index (χ4v) is 3.10. The van der Waals surface area contributed by atoms with Gasteiger partial charge in [0.15, 0.2) is 0 Å². The van der Waals surface area contributed by atoms with Crippen molar-refractivity contribution in [3.63, 3.8) is 0 Å². The minimum absolute atomic E-state index is 0.0898. The lowest BCUT2D eigenvalue weighted by Crippen LogP contribution is -2.40. The third-order valence-corrected chi connectivity index (χ3v) is 4.49. The molecular weight excluding hydrogens is 304 g/mol. The highest BCUT2D eigenvalue weighted by Crippen LogP contribution is 2.28. The molecule has 0 aromatic heterocycles. The summed E-state index contributed by atoms with van der Waals surface area (Å²) in [7, 11) is 0. The molecule has 5 nitrogen and oxygen atoms in total. The second-order valence-corrected chi connectivity index (χ2v) is 6.49. The van der Waals surface area contributed by atoms with Crippen LogP contribution in [0.15, 0.2) is 24.3 Å². The van der Waals surface area contributed by atoms with Crippen molar-refractivity contribution in [1.29, 1.82) is 0 Å². The number of likely N-dealkylation sites (tertiary alicyclic amines) is 1. The first-order chi connectivity index (χ1) is 11.5. The van der Waals surface area contributed by atoms with Crippen LogP contribution >= 0.6 is 0 Å². The summed E-state index contributed by atoms with van der Waals surface area (Å²) < 4.78 is 5.66. The number of piperidine rings is 1. The summed E-state index contributed by atoms with van der Waals surface area (Å²) in [6.07, 6.45) is 2.36. The Morgan fingerprint density at radius 3 is 2.58 bits per heavy atom. The Morgan fingerprint density at radius 1 is 1.29 bits per heavy atom. The van der Waals surface area contributed by atoms with Gasteiger partial charge < -0.3 is 15.0 Å². The van der Waals surface area contributed by atoms with Crippen molar-refractivity contribution in [2.75, 3.05) is 19.7 Å². The second kappa shape index (κ2) is 8.71. The van der Waals surface area contributed by atoms with Crippen molar-refractivity contribution in [2.24, 2.45) is 5.92 Å². The third kappa shape index (κ3) is 4.98. The molecular formula is C19H28N2O3. The van der Waals surface area contributed by atoms with E-state index in [2.05, 4.69) is 12.2 Å². The summed E-state index contributed by atoms with van der Waals surface area (Å²) in [6, 6.07) is 7.22.